The van der Waals surface area contributed by atoms with E-state index in [2.05, 4.69) is 15.9 Å². The Morgan fingerprint density at radius 2 is 2.05 bits per heavy atom. The molecule has 1 aromatic rings. The first kappa shape index (κ1) is 17.0. The van der Waals surface area contributed by atoms with Crippen LogP contribution in [0, 0.1) is 0 Å². The third kappa shape index (κ3) is 4.21. The molecule has 0 fully saturated rings. The van der Waals surface area contributed by atoms with Crippen molar-refractivity contribution in [2.24, 2.45) is 0 Å². The van der Waals surface area contributed by atoms with Gasteiger partial charge < -0.3 is 10.0 Å². The van der Waals surface area contributed by atoms with Crippen LogP contribution >= 0.6 is 15.9 Å². The highest BCUT2D eigenvalue weighted by Gasteiger charge is 2.32. The number of hydrogen-bond acceptors (Lipinski definition) is 2. The second-order valence-electron chi connectivity index (χ2n) is 4.15. The zero-order valence-electron chi connectivity index (χ0n) is 10.9. The maximum atomic E-state index is 12.7. The summed E-state index contributed by atoms with van der Waals surface area (Å²) < 4.78 is 38.3. The Morgan fingerprint density at radius 3 is 2.55 bits per heavy atom. The van der Waals surface area contributed by atoms with Crippen LogP contribution in [-0.4, -0.2) is 35.6 Å². The molecule has 0 heterocycles. The van der Waals surface area contributed by atoms with E-state index in [-0.39, 0.29) is 12.2 Å². The molecule has 0 radical (unpaired) electrons. The minimum atomic E-state index is -4.49. The summed E-state index contributed by atoms with van der Waals surface area (Å²) in [5, 5.41) is 8.77. The first-order chi connectivity index (χ1) is 9.31. The van der Waals surface area contributed by atoms with Crippen LogP contribution in [0.3, 0.4) is 0 Å². The van der Waals surface area contributed by atoms with E-state index < -0.39 is 17.6 Å². The van der Waals surface area contributed by atoms with Gasteiger partial charge in [0.25, 0.3) is 5.91 Å². The van der Waals surface area contributed by atoms with Gasteiger partial charge in [0.15, 0.2) is 0 Å². The molecule has 1 aromatic carbocycles. The molecule has 0 saturated carbocycles. The molecule has 0 aliphatic heterocycles. The topological polar surface area (TPSA) is 40.5 Å². The van der Waals surface area contributed by atoms with Crippen molar-refractivity contribution in [3.63, 3.8) is 0 Å². The fourth-order valence-electron chi connectivity index (χ4n) is 1.70. The van der Waals surface area contributed by atoms with E-state index in [9.17, 15) is 18.0 Å². The quantitative estimate of drug-likeness (QED) is 0.882. The van der Waals surface area contributed by atoms with E-state index in [4.69, 9.17) is 5.11 Å². The highest BCUT2D eigenvalue weighted by atomic mass is 79.9. The van der Waals surface area contributed by atoms with Gasteiger partial charge in [0, 0.05) is 24.2 Å². The van der Waals surface area contributed by atoms with Gasteiger partial charge in [-0.1, -0.05) is 0 Å². The summed E-state index contributed by atoms with van der Waals surface area (Å²) in [6.45, 7) is 2.32. The predicted molar refractivity (Wildman–Crippen MR) is 72.4 cm³/mol. The van der Waals surface area contributed by atoms with Crippen LogP contribution in [0.2, 0.25) is 0 Å². The molecule has 1 amide bonds. The van der Waals surface area contributed by atoms with Crippen molar-refractivity contribution in [2.45, 2.75) is 19.5 Å². The third-order valence-electron chi connectivity index (χ3n) is 2.78. The average Bonchev–Trinajstić information content (AvgIpc) is 2.38. The summed E-state index contributed by atoms with van der Waals surface area (Å²) >= 11 is 3.10. The molecule has 20 heavy (non-hydrogen) atoms. The summed E-state index contributed by atoms with van der Waals surface area (Å²) in [4.78, 5) is 13.6. The average molecular weight is 354 g/mol. The third-order valence-corrected chi connectivity index (χ3v) is 3.47. The molecule has 0 saturated heterocycles. The van der Waals surface area contributed by atoms with Crippen molar-refractivity contribution in [1.82, 2.24) is 4.90 Å². The molecule has 0 unspecified atom stereocenters. The lowest BCUT2D eigenvalue weighted by atomic mass is 10.1. The highest BCUT2D eigenvalue weighted by molar-refractivity contribution is 9.10. The minimum absolute atomic E-state index is 0.0281. The normalized spacial score (nSPS) is 11.5. The summed E-state index contributed by atoms with van der Waals surface area (Å²) in [6, 6.07) is 2.98. The van der Waals surface area contributed by atoms with Gasteiger partial charge in [-0.05, 0) is 47.5 Å². The summed E-state index contributed by atoms with van der Waals surface area (Å²) in [6.07, 6.45) is -4.10. The molecule has 1 N–H and O–H groups in total. The van der Waals surface area contributed by atoms with Crippen molar-refractivity contribution in [3.8, 4) is 0 Å². The highest BCUT2D eigenvalue weighted by Crippen LogP contribution is 2.32. The fraction of sp³-hybridized carbons (Fsp3) is 0.462. The number of alkyl halides is 3. The number of carbonyl (C=O) groups is 1. The number of aliphatic hydroxyl groups excluding tert-OH is 1. The van der Waals surface area contributed by atoms with Crippen LogP contribution < -0.4 is 0 Å². The SMILES string of the molecule is CCN(CCCO)C(=O)c1cc(C(F)(F)F)ccc1Br. The Kier molecular flexibility index (Phi) is 6.01. The zero-order chi connectivity index (χ0) is 15.3. The molecule has 3 nitrogen and oxygen atoms in total. The summed E-state index contributed by atoms with van der Waals surface area (Å²) in [5.41, 5.74) is -0.887. The van der Waals surface area contributed by atoms with Gasteiger partial charge in [0.05, 0.1) is 11.1 Å². The largest absolute Gasteiger partial charge is 0.416 e. The number of benzene rings is 1. The first-order valence-corrected chi connectivity index (χ1v) is 6.87. The summed E-state index contributed by atoms with van der Waals surface area (Å²) in [5.74, 6) is -0.487. The van der Waals surface area contributed by atoms with Gasteiger partial charge >= 0.3 is 6.18 Å². The minimum Gasteiger partial charge on any atom is -0.396 e. The van der Waals surface area contributed by atoms with Crippen LogP contribution in [-0.2, 0) is 6.18 Å². The van der Waals surface area contributed by atoms with Crippen molar-refractivity contribution in [3.05, 3.63) is 33.8 Å². The number of carbonyl (C=O) groups excluding carboxylic acids is 1. The van der Waals surface area contributed by atoms with Crippen molar-refractivity contribution < 1.29 is 23.1 Å². The number of halogens is 4. The second-order valence-corrected chi connectivity index (χ2v) is 5.01. The van der Waals surface area contributed by atoms with Crippen LogP contribution in [0.4, 0.5) is 13.2 Å². The van der Waals surface area contributed by atoms with E-state index >= 15 is 0 Å². The Morgan fingerprint density at radius 1 is 1.40 bits per heavy atom. The predicted octanol–water partition coefficient (Wildman–Crippen LogP) is 3.31. The van der Waals surface area contributed by atoms with Crippen molar-refractivity contribution in [2.75, 3.05) is 19.7 Å². The van der Waals surface area contributed by atoms with Crippen molar-refractivity contribution >= 4 is 21.8 Å². The lowest BCUT2D eigenvalue weighted by Gasteiger charge is -2.21. The first-order valence-electron chi connectivity index (χ1n) is 6.08. The number of aliphatic hydroxyl groups is 1. The molecule has 1 rings (SSSR count). The Labute approximate surface area is 123 Å². The fourth-order valence-corrected chi connectivity index (χ4v) is 2.12. The molecule has 0 atom stereocenters. The molecule has 0 aromatic heterocycles. The monoisotopic (exact) mass is 353 g/mol. The van der Waals surface area contributed by atoms with E-state index in [1.807, 2.05) is 0 Å². The number of rotatable bonds is 5. The zero-order valence-corrected chi connectivity index (χ0v) is 12.5. The molecule has 0 spiro atoms. The maximum Gasteiger partial charge on any atom is 0.416 e. The van der Waals surface area contributed by atoms with Crippen LogP contribution in [0.25, 0.3) is 0 Å². The van der Waals surface area contributed by atoms with Crippen LogP contribution in [0.1, 0.15) is 29.3 Å². The van der Waals surface area contributed by atoms with E-state index in [1.165, 1.54) is 11.0 Å². The van der Waals surface area contributed by atoms with E-state index in [1.54, 1.807) is 6.92 Å². The smallest absolute Gasteiger partial charge is 0.396 e. The van der Waals surface area contributed by atoms with E-state index in [0.717, 1.165) is 12.1 Å². The Balaban J connectivity index is 3.07. The van der Waals surface area contributed by atoms with Crippen LogP contribution in [0.5, 0.6) is 0 Å². The Hall–Kier alpha value is -1.08. The van der Waals surface area contributed by atoms with Gasteiger partial charge in [-0.15, -0.1) is 0 Å². The standard InChI is InChI=1S/C13H15BrF3NO2/c1-2-18(6-3-7-19)12(20)10-8-9(13(15,16)17)4-5-11(10)14/h4-5,8,19H,2-3,6-7H2,1H3. The number of hydrogen-bond donors (Lipinski definition) is 1. The van der Waals surface area contributed by atoms with Gasteiger partial charge in [0.2, 0.25) is 0 Å². The second kappa shape index (κ2) is 7.08. The lowest BCUT2D eigenvalue weighted by Crippen LogP contribution is -2.32. The molecule has 7 heteroatoms. The lowest BCUT2D eigenvalue weighted by molar-refractivity contribution is -0.137. The van der Waals surface area contributed by atoms with Crippen LogP contribution in [0.15, 0.2) is 22.7 Å². The number of nitrogens with zero attached hydrogens (tertiary/aromatic N) is 1. The van der Waals surface area contributed by atoms with E-state index in [0.29, 0.717) is 24.0 Å². The molecule has 0 aliphatic carbocycles. The molecule has 112 valence electrons. The van der Waals surface area contributed by atoms with Gasteiger partial charge in [-0.25, -0.2) is 0 Å². The Bertz CT molecular complexity index is 477. The molecular formula is C13H15BrF3NO2. The van der Waals surface area contributed by atoms with Gasteiger partial charge in [-0.3, -0.25) is 4.79 Å². The molecule has 0 aliphatic rings. The van der Waals surface area contributed by atoms with Gasteiger partial charge in [-0.2, -0.15) is 13.2 Å². The number of amides is 1. The maximum absolute atomic E-state index is 12.7. The van der Waals surface area contributed by atoms with Crippen molar-refractivity contribution in [1.29, 1.82) is 0 Å². The summed E-state index contributed by atoms with van der Waals surface area (Å²) in [7, 11) is 0. The molecular weight excluding hydrogens is 339 g/mol. The molecule has 0 bridgehead atoms. The van der Waals surface area contributed by atoms with Gasteiger partial charge in [0.1, 0.15) is 0 Å².